The molecule has 1 aromatic carbocycles. The van der Waals surface area contributed by atoms with Crippen molar-refractivity contribution in [3.63, 3.8) is 0 Å². The molecule has 1 aromatic heterocycles. The first-order valence-corrected chi connectivity index (χ1v) is 7.87. The number of thiophene rings is 1. The molecule has 92 valence electrons. The first-order valence-electron chi connectivity index (χ1n) is 6.08. The predicted molar refractivity (Wildman–Crippen MR) is 79.5 cm³/mol. The molecule has 3 rings (SSSR count). The fourth-order valence-electron chi connectivity index (χ4n) is 2.00. The zero-order valence-corrected chi connectivity index (χ0v) is 12.2. The third-order valence-corrected chi connectivity index (χ3v) is 5.34. The van der Waals surface area contributed by atoms with Gasteiger partial charge in [0, 0.05) is 10.4 Å². The van der Waals surface area contributed by atoms with Crippen LogP contribution in [0.15, 0.2) is 41.8 Å². The lowest BCUT2D eigenvalue weighted by molar-refractivity contribution is 0.0985. The Hall–Kier alpha value is -0.930. The summed E-state index contributed by atoms with van der Waals surface area (Å²) in [6, 6.07) is 12.1. The Morgan fingerprint density at radius 2 is 1.94 bits per heavy atom. The molecule has 1 unspecified atom stereocenters. The van der Waals surface area contributed by atoms with Crippen molar-refractivity contribution in [3.8, 4) is 10.4 Å². The minimum absolute atomic E-state index is 0.00471. The standard InChI is InChI=1S/C15H13BrOS/c16-14(11-5-6-11)15(17)12-7-3-10(4-8-12)13-2-1-9-18-13/h1-4,7-9,11,14H,5-6H2. The molecule has 0 spiro atoms. The monoisotopic (exact) mass is 320 g/mol. The molecule has 2 aromatic rings. The van der Waals surface area contributed by atoms with E-state index in [2.05, 4.69) is 27.4 Å². The van der Waals surface area contributed by atoms with Crippen LogP contribution < -0.4 is 0 Å². The van der Waals surface area contributed by atoms with Crippen LogP contribution in [0.1, 0.15) is 23.2 Å². The quantitative estimate of drug-likeness (QED) is 0.585. The van der Waals surface area contributed by atoms with Crippen LogP contribution in [0.5, 0.6) is 0 Å². The van der Waals surface area contributed by atoms with E-state index < -0.39 is 0 Å². The lowest BCUT2D eigenvalue weighted by Gasteiger charge is -2.07. The molecule has 1 saturated carbocycles. The summed E-state index contributed by atoms with van der Waals surface area (Å²) in [4.78, 5) is 13.4. The second kappa shape index (κ2) is 4.98. The van der Waals surface area contributed by atoms with Crippen molar-refractivity contribution in [2.45, 2.75) is 17.7 Å². The van der Waals surface area contributed by atoms with Crippen LogP contribution in [0.2, 0.25) is 0 Å². The molecule has 0 saturated heterocycles. The lowest BCUT2D eigenvalue weighted by Crippen LogP contribution is -2.15. The largest absolute Gasteiger partial charge is 0.293 e. The summed E-state index contributed by atoms with van der Waals surface area (Å²) < 4.78 is 0. The van der Waals surface area contributed by atoms with Crippen molar-refractivity contribution in [2.75, 3.05) is 0 Å². The van der Waals surface area contributed by atoms with Gasteiger partial charge in [0.2, 0.25) is 0 Å². The van der Waals surface area contributed by atoms with Crippen molar-refractivity contribution >= 4 is 33.0 Å². The molecule has 1 nitrogen and oxygen atoms in total. The van der Waals surface area contributed by atoms with Gasteiger partial charge in [-0.15, -0.1) is 11.3 Å². The van der Waals surface area contributed by atoms with E-state index in [1.54, 1.807) is 11.3 Å². The molecule has 0 amide bonds. The van der Waals surface area contributed by atoms with Gasteiger partial charge in [0.05, 0.1) is 4.83 Å². The van der Waals surface area contributed by atoms with Crippen LogP contribution >= 0.6 is 27.3 Å². The van der Waals surface area contributed by atoms with E-state index in [4.69, 9.17) is 0 Å². The van der Waals surface area contributed by atoms with Crippen LogP contribution in [0, 0.1) is 5.92 Å². The summed E-state index contributed by atoms with van der Waals surface area (Å²) in [5, 5.41) is 2.07. The number of hydrogen-bond acceptors (Lipinski definition) is 2. The fourth-order valence-corrected chi connectivity index (χ4v) is 3.53. The molecular weight excluding hydrogens is 308 g/mol. The van der Waals surface area contributed by atoms with E-state index >= 15 is 0 Å². The van der Waals surface area contributed by atoms with Gasteiger partial charge in [0.15, 0.2) is 5.78 Å². The average molecular weight is 321 g/mol. The second-order valence-electron chi connectivity index (χ2n) is 4.66. The summed E-state index contributed by atoms with van der Waals surface area (Å²) >= 11 is 5.23. The summed E-state index contributed by atoms with van der Waals surface area (Å²) in [6.45, 7) is 0. The molecule has 0 bridgehead atoms. The number of hydrogen-bond donors (Lipinski definition) is 0. The summed E-state index contributed by atoms with van der Waals surface area (Å²) in [5.74, 6) is 0.768. The van der Waals surface area contributed by atoms with E-state index in [0.717, 1.165) is 5.56 Å². The minimum Gasteiger partial charge on any atom is -0.293 e. The van der Waals surface area contributed by atoms with Crippen LogP contribution in [0.3, 0.4) is 0 Å². The Bertz CT molecular complexity index is 540. The molecule has 1 aliphatic carbocycles. The van der Waals surface area contributed by atoms with Crippen molar-refractivity contribution in [3.05, 3.63) is 47.3 Å². The van der Waals surface area contributed by atoms with Crippen LogP contribution in [0.25, 0.3) is 10.4 Å². The Labute approximate surface area is 119 Å². The number of rotatable bonds is 4. The number of halogens is 1. The highest BCUT2D eigenvalue weighted by Crippen LogP contribution is 2.38. The SMILES string of the molecule is O=C(c1ccc(-c2cccs2)cc1)C(Br)C1CC1. The molecule has 1 fully saturated rings. The zero-order valence-electron chi connectivity index (χ0n) is 9.80. The zero-order chi connectivity index (χ0) is 12.5. The lowest BCUT2D eigenvalue weighted by atomic mass is 10.0. The highest BCUT2D eigenvalue weighted by Gasteiger charge is 2.34. The Balaban J connectivity index is 1.80. The van der Waals surface area contributed by atoms with Gasteiger partial charge in [-0.05, 0) is 35.8 Å². The topological polar surface area (TPSA) is 17.1 Å². The molecule has 1 atom stereocenters. The van der Waals surface area contributed by atoms with Crippen molar-refractivity contribution < 1.29 is 4.79 Å². The van der Waals surface area contributed by atoms with Gasteiger partial charge in [0.1, 0.15) is 0 Å². The van der Waals surface area contributed by atoms with E-state index in [1.165, 1.54) is 23.3 Å². The Morgan fingerprint density at radius 1 is 1.22 bits per heavy atom. The highest BCUT2D eigenvalue weighted by molar-refractivity contribution is 9.10. The molecule has 18 heavy (non-hydrogen) atoms. The minimum atomic E-state index is 0.00471. The molecular formula is C15H13BrOS. The van der Waals surface area contributed by atoms with Crippen LogP contribution in [-0.4, -0.2) is 10.6 Å². The van der Waals surface area contributed by atoms with Crippen LogP contribution in [0.4, 0.5) is 0 Å². The second-order valence-corrected chi connectivity index (χ2v) is 6.59. The van der Waals surface area contributed by atoms with Gasteiger partial charge in [-0.25, -0.2) is 0 Å². The Morgan fingerprint density at radius 3 is 2.50 bits per heavy atom. The van der Waals surface area contributed by atoms with Gasteiger partial charge >= 0.3 is 0 Å². The molecule has 0 radical (unpaired) electrons. The number of benzene rings is 1. The maximum absolute atomic E-state index is 12.2. The van der Waals surface area contributed by atoms with E-state index in [0.29, 0.717) is 5.92 Å². The highest BCUT2D eigenvalue weighted by atomic mass is 79.9. The van der Waals surface area contributed by atoms with Crippen LogP contribution in [-0.2, 0) is 0 Å². The predicted octanol–water partition coefficient (Wildman–Crippen LogP) is 4.77. The molecule has 1 aliphatic rings. The number of Topliss-reactive ketones (excluding diaryl/α,β-unsaturated/α-hetero) is 1. The van der Waals surface area contributed by atoms with Gasteiger partial charge in [-0.2, -0.15) is 0 Å². The van der Waals surface area contributed by atoms with E-state index in [9.17, 15) is 4.79 Å². The smallest absolute Gasteiger partial charge is 0.176 e. The summed E-state index contributed by atoms with van der Waals surface area (Å²) in [5.41, 5.74) is 1.99. The van der Waals surface area contributed by atoms with Gasteiger partial charge in [0.25, 0.3) is 0 Å². The third-order valence-electron chi connectivity index (χ3n) is 3.26. The van der Waals surface area contributed by atoms with Gasteiger partial charge in [-0.1, -0.05) is 46.3 Å². The molecule has 3 heteroatoms. The fraction of sp³-hybridized carbons (Fsp3) is 0.267. The third kappa shape index (κ3) is 2.43. The molecule has 0 aliphatic heterocycles. The first-order chi connectivity index (χ1) is 8.75. The molecule has 0 N–H and O–H groups in total. The molecule has 1 heterocycles. The van der Waals surface area contributed by atoms with E-state index in [-0.39, 0.29) is 10.6 Å². The van der Waals surface area contributed by atoms with Crippen molar-refractivity contribution in [2.24, 2.45) is 5.92 Å². The Kier molecular flexibility index (Phi) is 3.35. The van der Waals surface area contributed by atoms with Gasteiger partial charge < -0.3 is 0 Å². The van der Waals surface area contributed by atoms with Gasteiger partial charge in [-0.3, -0.25) is 4.79 Å². The number of alkyl halides is 1. The summed E-state index contributed by atoms with van der Waals surface area (Å²) in [6.07, 6.45) is 2.35. The number of carbonyl (C=O) groups is 1. The maximum atomic E-state index is 12.2. The normalized spacial score (nSPS) is 16.5. The van der Waals surface area contributed by atoms with Crippen molar-refractivity contribution in [1.29, 1.82) is 0 Å². The maximum Gasteiger partial charge on any atom is 0.176 e. The number of carbonyl (C=O) groups excluding carboxylic acids is 1. The number of ketones is 1. The average Bonchev–Trinajstić information content (AvgIpc) is 3.12. The van der Waals surface area contributed by atoms with Crippen molar-refractivity contribution in [1.82, 2.24) is 0 Å². The van der Waals surface area contributed by atoms with E-state index in [1.807, 2.05) is 30.3 Å². The first kappa shape index (κ1) is 12.1. The summed E-state index contributed by atoms with van der Waals surface area (Å²) in [7, 11) is 0.